The maximum absolute atomic E-state index is 11.8. The van der Waals surface area contributed by atoms with Crippen molar-refractivity contribution in [1.82, 2.24) is 0 Å². The fraction of sp³-hybridized carbons (Fsp3) is 0.750. The first kappa shape index (κ1) is 18.6. The van der Waals surface area contributed by atoms with E-state index in [0.29, 0.717) is 18.4 Å². The van der Waals surface area contributed by atoms with E-state index in [0.717, 1.165) is 24.8 Å². The van der Waals surface area contributed by atoms with Crippen LogP contribution < -0.4 is 0 Å². The third kappa shape index (κ3) is 2.86. The van der Waals surface area contributed by atoms with Crippen LogP contribution in [0.1, 0.15) is 46.0 Å². The van der Waals surface area contributed by atoms with Gasteiger partial charge in [0.1, 0.15) is 12.7 Å². The predicted molar refractivity (Wildman–Crippen MR) is 93.6 cm³/mol. The molecule has 3 fully saturated rings. The standard InChI is InChI=1S/C20H30O5/c1-12-4-7-16-19(2,9-8-17(23)20(16,3)11-21)14(12)6-5-13-15(22)10-25-18(13)24/h5,14-17,21-23H,1,4,6-11H2,2-3H3/b13-5+/t14?,15?,16-,17+,19-,20-/m0/s1. The fourth-order valence-corrected chi connectivity index (χ4v) is 5.56. The Morgan fingerprint density at radius 1 is 1.32 bits per heavy atom. The molecular weight excluding hydrogens is 320 g/mol. The van der Waals surface area contributed by atoms with Gasteiger partial charge in [-0.15, -0.1) is 0 Å². The summed E-state index contributed by atoms with van der Waals surface area (Å²) < 4.78 is 4.90. The van der Waals surface area contributed by atoms with Gasteiger partial charge in [0, 0.05) is 5.41 Å². The van der Waals surface area contributed by atoms with Crippen LogP contribution in [0, 0.1) is 22.7 Å². The molecule has 0 aromatic carbocycles. The average Bonchev–Trinajstić information content (AvgIpc) is 2.89. The van der Waals surface area contributed by atoms with E-state index in [1.54, 1.807) is 0 Å². The highest BCUT2D eigenvalue weighted by atomic mass is 16.6. The molecule has 25 heavy (non-hydrogen) atoms. The normalized spacial score (nSPS) is 46.2. The number of fused-ring (bicyclic) bond motifs is 1. The number of ether oxygens (including phenoxy) is 1. The molecule has 140 valence electrons. The molecule has 3 rings (SSSR count). The Hall–Kier alpha value is -1.17. The van der Waals surface area contributed by atoms with Crippen molar-refractivity contribution in [2.24, 2.45) is 22.7 Å². The highest BCUT2D eigenvalue weighted by Gasteiger charge is 2.57. The summed E-state index contributed by atoms with van der Waals surface area (Å²) in [6, 6.07) is 0. The molecule has 0 amide bonds. The molecule has 2 saturated carbocycles. The van der Waals surface area contributed by atoms with Crippen molar-refractivity contribution < 1.29 is 24.9 Å². The molecule has 0 aromatic rings. The van der Waals surface area contributed by atoms with Gasteiger partial charge in [0.25, 0.3) is 0 Å². The van der Waals surface area contributed by atoms with Crippen molar-refractivity contribution in [2.45, 2.75) is 58.2 Å². The first-order valence-electron chi connectivity index (χ1n) is 9.26. The van der Waals surface area contributed by atoms with Gasteiger partial charge in [-0.05, 0) is 49.4 Å². The summed E-state index contributed by atoms with van der Waals surface area (Å²) in [5.74, 6) is -0.0734. The molecule has 2 unspecified atom stereocenters. The molecule has 1 heterocycles. The maximum atomic E-state index is 11.8. The van der Waals surface area contributed by atoms with E-state index in [9.17, 15) is 20.1 Å². The summed E-state index contributed by atoms with van der Waals surface area (Å²) in [5.41, 5.74) is 0.911. The lowest BCUT2D eigenvalue weighted by Crippen LogP contribution is -2.57. The zero-order valence-corrected chi connectivity index (χ0v) is 15.2. The van der Waals surface area contributed by atoms with Gasteiger partial charge >= 0.3 is 5.97 Å². The van der Waals surface area contributed by atoms with Crippen LogP contribution in [0.2, 0.25) is 0 Å². The fourth-order valence-electron chi connectivity index (χ4n) is 5.56. The summed E-state index contributed by atoms with van der Waals surface area (Å²) >= 11 is 0. The number of hydrogen-bond acceptors (Lipinski definition) is 5. The molecule has 5 nitrogen and oxygen atoms in total. The molecule has 1 aliphatic heterocycles. The Kier molecular flexibility index (Phi) is 4.86. The van der Waals surface area contributed by atoms with E-state index in [1.165, 1.54) is 0 Å². The molecule has 0 radical (unpaired) electrons. The van der Waals surface area contributed by atoms with Gasteiger partial charge in [-0.1, -0.05) is 32.1 Å². The van der Waals surface area contributed by atoms with Gasteiger partial charge < -0.3 is 20.1 Å². The lowest BCUT2D eigenvalue weighted by atomic mass is 9.46. The molecule has 2 aliphatic carbocycles. The number of rotatable bonds is 3. The lowest BCUT2D eigenvalue weighted by molar-refractivity contribution is -0.151. The van der Waals surface area contributed by atoms with Gasteiger partial charge in [0.05, 0.1) is 18.3 Å². The van der Waals surface area contributed by atoms with Gasteiger partial charge in [0.15, 0.2) is 0 Å². The number of cyclic esters (lactones) is 1. The molecule has 5 heteroatoms. The van der Waals surface area contributed by atoms with E-state index < -0.39 is 23.6 Å². The summed E-state index contributed by atoms with van der Waals surface area (Å²) in [4.78, 5) is 11.8. The summed E-state index contributed by atoms with van der Waals surface area (Å²) in [6.07, 6.45) is 4.42. The molecule has 6 atom stereocenters. The highest BCUT2D eigenvalue weighted by Crippen LogP contribution is 2.61. The second-order valence-electron chi connectivity index (χ2n) is 8.54. The van der Waals surface area contributed by atoms with Crippen LogP contribution in [-0.4, -0.2) is 46.7 Å². The Bertz CT molecular complexity index is 597. The number of hydrogen-bond donors (Lipinski definition) is 3. The second-order valence-corrected chi connectivity index (χ2v) is 8.54. The molecule has 1 saturated heterocycles. The molecule has 3 N–H and O–H groups in total. The van der Waals surface area contributed by atoms with Gasteiger partial charge in [0.2, 0.25) is 0 Å². The minimum atomic E-state index is -0.844. The number of allylic oxidation sites excluding steroid dienone is 2. The minimum absolute atomic E-state index is 0.0280. The minimum Gasteiger partial charge on any atom is -0.459 e. The number of carbonyl (C=O) groups excluding carboxylic acids is 1. The third-order valence-corrected chi connectivity index (χ3v) is 7.23. The predicted octanol–water partition coefficient (Wildman–Crippen LogP) is 1.96. The van der Waals surface area contributed by atoms with Crippen molar-refractivity contribution >= 4 is 5.97 Å². The topological polar surface area (TPSA) is 87.0 Å². The van der Waals surface area contributed by atoms with Crippen molar-refractivity contribution in [1.29, 1.82) is 0 Å². The van der Waals surface area contributed by atoms with Crippen molar-refractivity contribution in [3.8, 4) is 0 Å². The van der Waals surface area contributed by atoms with Crippen molar-refractivity contribution in [3.05, 3.63) is 23.8 Å². The van der Waals surface area contributed by atoms with Crippen LogP contribution in [0.4, 0.5) is 0 Å². The summed E-state index contributed by atoms with van der Waals surface area (Å²) in [6.45, 7) is 8.50. The van der Waals surface area contributed by atoms with E-state index in [1.807, 2.05) is 13.0 Å². The number of aliphatic hydroxyl groups is 3. The summed E-state index contributed by atoms with van der Waals surface area (Å²) in [5, 5.41) is 30.4. The van der Waals surface area contributed by atoms with Crippen LogP contribution in [0.15, 0.2) is 23.8 Å². The molecule has 0 aromatic heterocycles. The Balaban J connectivity index is 1.89. The van der Waals surface area contributed by atoms with E-state index >= 15 is 0 Å². The van der Waals surface area contributed by atoms with Gasteiger partial charge in [-0.3, -0.25) is 0 Å². The smallest absolute Gasteiger partial charge is 0.336 e. The second kappa shape index (κ2) is 6.53. The van der Waals surface area contributed by atoms with E-state index in [2.05, 4.69) is 13.5 Å². The van der Waals surface area contributed by atoms with Crippen molar-refractivity contribution in [2.75, 3.05) is 13.2 Å². The molecular formula is C20H30O5. The first-order chi connectivity index (χ1) is 11.7. The van der Waals surface area contributed by atoms with Crippen LogP contribution in [-0.2, 0) is 9.53 Å². The monoisotopic (exact) mass is 350 g/mol. The van der Waals surface area contributed by atoms with E-state index in [4.69, 9.17) is 4.74 Å². The van der Waals surface area contributed by atoms with Crippen LogP contribution >= 0.6 is 0 Å². The zero-order valence-electron chi connectivity index (χ0n) is 15.2. The number of esters is 1. The lowest BCUT2D eigenvalue weighted by Gasteiger charge is -2.59. The first-order valence-corrected chi connectivity index (χ1v) is 9.26. The highest BCUT2D eigenvalue weighted by molar-refractivity contribution is 5.91. The van der Waals surface area contributed by atoms with Crippen LogP contribution in [0.5, 0.6) is 0 Å². The Labute approximate surface area is 149 Å². The summed E-state index contributed by atoms with van der Waals surface area (Å²) in [7, 11) is 0. The Morgan fingerprint density at radius 2 is 2.04 bits per heavy atom. The third-order valence-electron chi connectivity index (χ3n) is 7.23. The molecule has 0 spiro atoms. The van der Waals surface area contributed by atoms with Gasteiger partial charge in [-0.25, -0.2) is 4.79 Å². The average molecular weight is 350 g/mol. The van der Waals surface area contributed by atoms with Crippen LogP contribution in [0.3, 0.4) is 0 Å². The van der Waals surface area contributed by atoms with Gasteiger partial charge in [-0.2, -0.15) is 0 Å². The SMILES string of the molecule is C=C1CC[C@@H]2[C@](C)(CO)[C@H](O)CC[C@@]2(C)C1C/C=C1/C(=O)OCC1O. The Morgan fingerprint density at radius 3 is 2.64 bits per heavy atom. The zero-order chi connectivity index (χ0) is 18.4. The maximum Gasteiger partial charge on any atom is 0.336 e. The molecule has 3 aliphatic rings. The number of carbonyl (C=O) groups is 1. The van der Waals surface area contributed by atoms with Crippen LogP contribution in [0.25, 0.3) is 0 Å². The van der Waals surface area contributed by atoms with E-state index in [-0.39, 0.29) is 30.5 Å². The van der Waals surface area contributed by atoms with Crippen molar-refractivity contribution in [3.63, 3.8) is 0 Å². The quantitative estimate of drug-likeness (QED) is 0.411. The molecule has 0 bridgehead atoms. The number of aliphatic hydroxyl groups excluding tert-OH is 3. The largest absolute Gasteiger partial charge is 0.459 e.